The molecule has 4 N–H and O–H groups in total. The molecule has 21 heavy (non-hydrogen) atoms. The number of hydrogen-bond donors (Lipinski definition) is 3. The van der Waals surface area contributed by atoms with E-state index in [1.807, 2.05) is 20.8 Å². The van der Waals surface area contributed by atoms with Crippen LogP contribution in [0.3, 0.4) is 0 Å². The number of anilines is 2. The molecule has 0 radical (unpaired) electrons. The van der Waals surface area contributed by atoms with Crippen LogP contribution in [0.5, 0.6) is 0 Å². The number of hydrogen-bond acceptors (Lipinski definition) is 3. The Balaban J connectivity index is 2.72. The van der Waals surface area contributed by atoms with Crippen LogP contribution in [0.4, 0.5) is 11.4 Å². The lowest BCUT2D eigenvalue weighted by atomic mass is 10.0. The summed E-state index contributed by atoms with van der Waals surface area (Å²) in [5, 5.41) is 5.66. The molecular formula is C16H25N3O2. The predicted octanol–water partition coefficient (Wildman–Crippen LogP) is 2.59. The van der Waals surface area contributed by atoms with E-state index in [0.717, 1.165) is 12.8 Å². The van der Waals surface area contributed by atoms with Crippen LogP contribution in [0.15, 0.2) is 24.3 Å². The Hall–Kier alpha value is -1.88. The highest BCUT2D eigenvalue weighted by Crippen LogP contribution is 2.17. The van der Waals surface area contributed by atoms with E-state index in [4.69, 9.17) is 5.73 Å². The molecule has 0 aliphatic rings. The normalized spacial score (nSPS) is 12.0. The summed E-state index contributed by atoms with van der Waals surface area (Å²) in [5.41, 5.74) is 6.96. The van der Waals surface area contributed by atoms with E-state index < -0.39 is 0 Å². The van der Waals surface area contributed by atoms with Crippen molar-refractivity contribution < 1.29 is 9.59 Å². The highest BCUT2D eigenvalue weighted by atomic mass is 16.2. The summed E-state index contributed by atoms with van der Waals surface area (Å²) < 4.78 is 0. The topological polar surface area (TPSA) is 84.2 Å². The molecule has 0 heterocycles. The summed E-state index contributed by atoms with van der Waals surface area (Å²) in [6.45, 7) is 6.02. The van der Waals surface area contributed by atoms with E-state index in [2.05, 4.69) is 10.6 Å². The van der Waals surface area contributed by atoms with Gasteiger partial charge in [0.15, 0.2) is 0 Å². The van der Waals surface area contributed by atoms with E-state index in [9.17, 15) is 9.59 Å². The third-order valence-corrected chi connectivity index (χ3v) is 3.21. The van der Waals surface area contributed by atoms with E-state index in [-0.39, 0.29) is 23.7 Å². The fourth-order valence-corrected chi connectivity index (χ4v) is 1.91. The summed E-state index contributed by atoms with van der Waals surface area (Å²) in [6, 6.07) is 7.13. The monoisotopic (exact) mass is 291 g/mol. The molecule has 116 valence electrons. The molecule has 0 aromatic heterocycles. The molecule has 0 saturated heterocycles. The van der Waals surface area contributed by atoms with Crippen LogP contribution >= 0.6 is 0 Å². The van der Waals surface area contributed by atoms with Crippen molar-refractivity contribution in [2.75, 3.05) is 17.2 Å². The minimum absolute atomic E-state index is 0.0516. The Bertz CT molecular complexity index is 486. The summed E-state index contributed by atoms with van der Waals surface area (Å²) in [4.78, 5) is 23.8. The number of nitrogens with one attached hydrogen (secondary N) is 2. The molecule has 5 nitrogen and oxygen atoms in total. The predicted molar refractivity (Wildman–Crippen MR) is 86.0 cm³/mol. The summed E-state index contributed by atoms with van der Waals surface area (Å²) >= 11 is 0. The molecule has 2 amide bonds. The van der Waals surface area contributed by atoms with Crippen LogP contribution in [0.25, 0.3) is 0 Å². The van der Waals surface area contributed by atoms with E-state index >= 15 is 0 Å². The third kappa shape index (κ3) is 5.55. The molecule has 0 aliphatic heterocycles. The molecular weight excluding hydrogens is 266 g/mol. The zero-order chi connectivity index (χ0) is 15.8. The van der Waals surface area contributed by atoms with Gasteiger partial charge in [0.25, 0.3) is 0 Å². The highest BCUT2D eigenvalue weighted by molar-refractivity contribution is 5.95. The van der Waals surface area contributed by atoms with E-state index in [1.165, 1.54) is 0 Å². The number of nitrogens with two attached hydrogens (primary N) is 1. The number of carbonyl (C=O) groups excluding carboxylic acids is 2. The van der Waals surface area contributed by atoms with Crippen molar-refractivity contribution in [1.29, 1.82) is 0 Å². The van der Waals surface area contributed by atoms with E-state index in [0.29, 0.717) is 17.9 Å². The SMILES string of the molecule is CCCC(CN)C(=O)Nc1cccc(NC(=O)C(C)C)c1. The Morgan fingerprint density at radius 3 is 2.19 bits per heavy atom. The lowest BCUT2D eigenvalue weighted by Crippen LogP contribution is -2.29. The van der Waals surface area contributed by atoms with Crippen molar-refractivity contribution >= 4 is 23.2 Å². The molecule has 1 unspecified atom stereocenters. The first kappa shape index (κ1) is 17.2. The van der Waals surface area contributed by atoms with Crippen molar-refractivity contribution in [1.82, 2.24) is 0 Å². The first-order chi connectivity index (χ1) is 9.97. The largest absolute Gasteiger partial charge is 0.330 e. The summed E-state index contributed by atoms with van der Waals surface area (Å²) in [5.74, 6) is -0.394. The second-order valence-electron chi connectivity index (χ2n) is 5.44. The van der Waals surface area contributed by atoms with Gasteiger partial charge in [-0.2, -0.15) is 0 Å². The molecule has 1 rings (SSSR count). The van der Waals surface area contributed by atoms with Gasteiger partial charge in [-0.25, -0.2) is 0 Å². The molecule has 0 spiro atoms. The molecule has 0 fully saturated rings. The second kappa shape index (κ2) is 8.42. The standard InChI is InChI=1S/C16H25N3O2/c1-4-6-12(10-17)16(21)19-14-8-5-7-13(9-14)18-15(20)11(2)3/h5,7-9,11-12H,4,6,10,17H2,1-3H3,(H,18,20)(H,19,21). The molecule has 0 saturated carbocycles. The van der Waals surface area contributed by atoms with Crippen molar-refractivity contribution in [2.24, 2.45) is 17.6 Å². The van der Waals surface area contributed by atoms with Gasteiger partial charge < -0.3 is 16.4 Å². The molecule has 5 heteroatoms. The van der Waals surface area contributed by atoms with Gasteiger partial charge in [-0.1, -0.05) is 33.3 Å². The molecule has 1 atom stereocenters. The van der Waals surface area contributed by atoms with Gasteiger partial charge in [0, 0.05) is 23.8 Å². The van der Waals surface area contributed by atoms with Crippen molar-refractivity contribution in [3.05, 3.63) is 24.3 Å². The number of benzene rings is 1. The van der Waals surface area contributed by atoms with Crippen LogP contribution in [-0.4, -0.2) is 18.4 Å². The average Bonchev–Trinajstić information content (AvgIpc) is 2.44. The smallest absolute Gasteiger partial charge is 0.228 e. The number of carbonyl (C=O) groups is 2. The minimum atomic E-state index is -0.177. The van der Waals surface area contributed by atoms with Crippen LogP contribution < -0.4 is 16.4 Å². The maximum atomic E-state index is 12.1. The van der Waals surface area contributed by atoms with Crippen LogP contribution in [-0.2, 0) is 9.59 Å². The summed E-state index contributed by atoms with van der Waals surface area (Å²) in [6.07, 6.45) is 1.69. The van der Waals surface area contributed by atoms with Gasteiger partial charge >= 0.3 is 0 Å². The maximum absolute atomic E-state index is 12.1. The zero-order valence-corrected chi connectivity index (χ0v) is 13.0. The summed E-state index contributed by atoms with van der Waals surface area (Å²) in [7, 11) is 0. The second-order valence-corrected chi connectivity index (χ2v) is 5.44. The lowest BCUT2D eigenvalue weighted by Gasteiger charge is -2.15. The lowest BCUT2D eigenvalue weighted by molar-refractivity contribution is -0.120. The van der Waals surface area contributed by atoms with Crippen molar-refractivity contribution in [3.63, 3.8) is 0 Å². The molecule has 1 aromatic carbocycles. The van der Waals surface area contributed by atoms with Gasteiger partial charge in [0.2, 0.25) is 11.8 Å². The first-order valence-electron chi connectivity index (χ1n) is 7.39. The fraction of sp³-hybridized carbons (Fsp3) is 0.500. The number of amides is 2. The van der Waals surface area contributed by atoms with Crippen LogP contribution in [0, 0.1) is 11.8 Å². The highest BCUT2D eigenvalue weighted by Gasteiger charge is 2.16. The molecule has 1 aromatic rings. The Morgan fingerprint density at radius 1 is 1.14 bits per heavy atom. The average molecular weight is 291 g/mol. The van der Waals surface area contributed by atoms with Gasteiger partial charge in [0.05, 0.1) is 5.92 Å². The van der Waals surface area contributed by atoms with Gasteiger partial charge in [-0.15, -0.1) is 0 Å². The third-order valence-electron chi connectivity index (χ3n) is 3.21. The Kier molecular flexibility index (Phi) is 6.88. The fourth-order valence-electron chi connectivity index (χ4n) is 1.91. The maximum Gasteiger partial charge on any atom is 0.228 e. The number of rotatable bonds is 7. The quantitative estimate of drug-likeness (QED) is 0.722. The van der Waals surface area contributed by atoms with Crippen LogP contribution in [0.1, 0.15) is 33.6 Å². The van der Waals surface area contributed by atoms with Gasteiger partial charge in [-0.05, 0) is 24.6 Å². The molecule has 0 bridgehead atoms. The minimum Gasteiger partial charge on any atom is -0.330 e. The first-order valence-corrected chi connectivity index (χ1v) is 7.39. The molecule has 0 aliphatic carbocycles. The van der Waals surface area contributed by atoms with Crippen molar-refractivity contribution in [3.8, 4) is 0 Å². The van der Waals surface area contributed by atoms with Gasteiger partial charge in [-0.3, -0.25) is 9.59 Å². The van der Waals surface area contributed by atoms with E-state index in [1.54, 1.807) is 24.3 Å². The Labute approximate surface area is 126 Å². The Morgan fingerprint density at radius 2 is 1.71 bits per heavy atom. The van der Waals surface area contributed by atoms with Gasteiger partial charge in [0.1, 0.15) is 0 Å². The van der Waals surface area contributed by atoms with Crippen molar-refractivity contribution in [2.45, 2.75) is 33.6 Å². The van der Waals surface area contributed by atoms with Crippen LogP contribution in [0.2, 0.25) is 0 Å². The zero-order valence-electron chi connectivity index (χ0n) is 13.0.